The Balaban J connectivity index is 2.74. The number of nitrogens with one attached hydrogen (secondary N) is 1. The van der Waals surface area contributed by atoms with Crippen LogP contribution in [0.15, 0.2) is 10.1 Å². The molecule has 0 spiro atoms. The molecule has 1 fully saturated rings. The number of carbonyl (C=O) groups excluding carboxylic acids is 1. The summed E-state index contributed by atoms with van der Waals surface area (Å²) < 4.78 is 0. The second-order valence-corrected chi connectivity index (χ2v) is 6.60. The van der Waals surface area contributed by atoms with Gasteiger partial charge in [0.1, 0.15) is 0 Å². The average molecular weight is 293 g/mol. The number of rotatable bonds is 3. The number of hydrogen-bond acceptors (Lipinski definition) is 2. The highest BCUT2D eigenvalue weighted by Gasteiger charge is 2.28. The van der Waals surface area contributed by atoms with Crippen molar-refractivity contribution in [2.24, 2.45) is 21.4 Å². The van der Waals surface area contributed by atoms with Gasteiger partial charge in [0.15, 0.2) is 0 Å². The van der Waals surface area contributed by atoms with E-state index in [0.29, 0.717) is 0 Å². The molecule has 1 unspecified atom stereocenters. The van der Waals surface area contributed by atoms with E-state index in [9.17, 15) is 4.79 Å². The van der Waals surface area contributed by atoms with Gasteiger partial charge in [-0.1, -0.05) is 58.8 Å². The smallest absolute Gasteiger partial charge is 0.244 e. The monoisotopic (exact) mass is 293 g/mol. The van der Waals surface area contributed by atoms with Crippen molar-refractivity contribution in [3.8, 4) is 0 Å². The van der Waals surface area contributed by atoms with E-state index in [2.05, 4.69) is 36.1 Å². The molecule has 0 radical (unpaired) electrons. The first-order valence-corrected chi connectivity index (χ1v) is 8.33. The molecule has 0 aromatic carbocycles. The first-order valence-electron chi connectivity index (χ1n) is 8.33. The van der Waals surface area contributed by atoms with Crippen LogP contribution in [0.3, 0.4) is 0 Å². The van der Waals surface area contributed by atoms with E-state index in [1.54, 1.807) is 0 Å². The molecule has 4 heteroatoms. The summed E-state index contributed by atoms with van der Waals surface area (Å²) in [6, 6.07) is -0.410. The largest absolute Gasteiger partial charge is 0.361 e. The lowest BCUT2D eigenvalue weighted by Gasteiger charge is -2.31. The Morgan fingerprint density at radius 3 is 2.57 bits per heavy atom. The minimum Gasteiger partial charge on any atom is -0.244 e. The molecule has 0 saturated heterocycles. The van der Waals surface area contributed by atoms with Crippen molar-refractivity contribution in [1.82, 2.24) is 5.43 Å². The Bertz CT molecular complexity index is 378. The van der Waals surface area contributed by atoms with E-state index in [-0.39, 0.29) is 5.41 Å². The predicted molar refractivity (Wildman–Crippen MR) is 90.0 cm³/mol. The maximum atomic E-state index is 11.6. The maximum Gasteiger partial charge on any atom is 0.361 e. The first kappa shape index (κ1) is 17.9. The summed E-state index contributed by atoms with van der Waals surface area (Å²) in [5.74, 6) is 0.873. The lowest BCUT2D eigenvalue weighted by molar-refractivity contribution is 0.249. The zero-order valence-corrected chi connectivity index (χ0v) is 14.0. The topological polar surface area (TPSA) is 53.8 Å². The molecule has 0 bridgehead atoms. The van der Waals surface area contributed by atoms with Gasteiger partial charge in [0, 0.05) is 17.8 Å². The van der Waals surface area contributed by atoms with E-state index >= 15 is 0 Å². The van der Waals surface area contributed by atoms with Gasteiger partial charge < -0.3 is 0 Å². The number of carbonyl (C=O) groups is 1. The Morgan fingerprint density at radius 1 is 1.24 bits per heavy atom. The summed E-state index contributed by atoms with van der Waals surface area (Å²) in [6.45, 7) is 9.79. The number of hydrazone groups is 1. The zero-order chi connectivity index (χ0) is 15.7. The molecule has 21 heavy (non-hydrogen) atoms. The Morgan fingerprint density at radius 2 is 1.90 bits per heavy atom. The fraction of sp³-hybridized carbons (Fsp3) is 0.824. The third-order valence-corrected chi connectivity index (χ3v) is 5.08. The van der Waals surface area contributed by atoms with Crippen LogP contribution in [0.4, 0.5) is 4.79 Å². The fourth-order valence-corrected chi connectivity index (χ4v) is 3.33. The number of nitrogens with zero attached hydrogens (tertiary/aromatic N) is 2. The molecule has 1 aliphatic carbocycles. The molecule has 0 aliphatic heterocycles. The molecular formula is C17H31N3O. The van der Waals surface area contributed by atoms with Crippen molar-refractivity contribution in [1.29, 1.82) is 0 Å². The molecule has 1 saturated carbocycles. The Kier molecular flexibility index (Phi) is 7.62. The molecule has 2 atom stereocenters. The number of aliphatic imine (C=N–C) groups is 1. The second kappa shape index (κ2) is 8.96. The van der Waals surface area contributed by atoms with Crippen LogP contribution in [0.25, 0.3) is 0 Å². The molecule has 4 nitrogen and oxygen atoms in total. The van der Waals surface area contributed by atoms with Crippen LogP contribution < -0.4 is 5.43 Å². The van der Waals surface area contributed by atoms with Crippen LogP contribution in [-0.4, -0.2) is 18.5 Å². The standard InChI is InChI=1S/C17H31N3O/c1-5-15-10-7-6-8-12-17(3,13-9-11-15)14(2)19-16(21)20-18-4/h15H,4-13H2,1-3H3,(H,20,21)/t15-,17?/m1/s1. The third-order valence-electron chi connectivity index (χ3n) is 5.08. The van der Waals surface area contributed by atoms with Crippen LogP contribution in [0.2, 0.25) is 0 Å². The van der Waals surface area contributed by atoms with Crippen molar-refractivity contribution in [3.05, 3.63) is 0 Å². The summed E-state index contributed by atoms with van der Waals surface area (Å²) in [4.78, 5) is 15.7. The van der Waals surface area contributed by atoms with Crippen molar-refractivity contribution in [2.75, 3.05) is 0 Å². The van der Waals surface area contributed by atoms with Gasteiger partial charge in [0.2, 0.25) is 0 Å². The Hall–Kier alpha value is -1.19. The van der Waals surface area contributed by atoms with Gasteiger partial charge >= 0.3 is 6.03 Å². The van der Waals surface area contributed by atoms with Crippen LogP contribution in [0, 0.1) is 11.3 Å². The van der Waals surface area contributed by atoms with E-state index in [4.69, 9.17) is 0 Å². The van der Waals surface area contributed by atoms with Gasteiger partial charge in [0.05, 0.1) is 0 Å². The normalized spacial score (nSPS) is 28.7. The Labute approximate surface area is 129 Å². The van der Waals surface area contributed by atoms with Gasteiger partial charge in [-0.05, 0) is 25.7 Å². The molecule has 0 heterocycles. The van der Waals surface area contributed by atoms with Crippen molar-refractivity contribution in [3.63, 3.8) is 0 Å². The predicted octanol–water partition coefficient (Wildman–Crippen LogP) is 4.94. The quantitative estimate of drug-likeness (QED) is 0.581. The van der Waals surface area contributed by atoms with Crippen molar-refractivity contribution >= 4 is 18.5 Å². The number of hydrogen-bond donors (Lipinski definition) is 1. The molecule has 1 rings (SSSR count). The minimum absolute atomic E-state index is 0.0359. The summed E-state index contributed by atoms with van der Waals surface area (Å²) in [5.41, 5.74) is 3.25. The van der Waals surface area contributed by atoms with Crippen LogP contribution in [0.1, 0.15) is 78.6 Å². The first-order chi connectivity index (χ1) is 10.0. The fourth-order valence-electron chi connectivity index (χ4n) is 3.33. The molecule has 0 aromatic heterocycles. The highest BCUT2D eigenvalue weighted by molar-refractivity contribution is 5.96. The number of urea groups is 1. The maximum absolute atomic E-state index is 11.6. The minimum atomic E-state index is -0.410. The van der Waals surface area contributed by atoms with Gasteiger partial charge in [0.25, 0.3) is 0 Å². The van der Waals surface area contributed by atoms with Crippen LogP contribution >= 0.6 is 0 Å². The second-order valence-electron chi connectivity index (χ2n) is 6.60. The van der Waals surface area contributed by atoms with Gasteiger partial charge in [-0.3, -0.25) is 0 Å². The molecule has 1 N–H and O–H groups in total. The highest BCUT2D eigenvalue weighted by Crippen LogP contribution is 2.35. The molecule has 2 amide bonds. The number of amides is 2. The third kappa shape index (κ3) is 5.98. The van der Waals surface area contributed by atoms with Gasteiger partial charge in [-0.25, -0.2) is 15.2 Å². The van der Waals surface area contributed by atoms with Crippen molar-refractivity contribution < 1.29 is 4.79 Å². The van der Waals surface area contributed by atoms with Gasteiger partial charge in [-0.2, -0.15) is 5.10 Å². The summed E-state index contributed by atoms with van der Waals surface area (Å²) >= 11 is 0. The zero-order valence-electron chi connectivity index (χ0n) is 14.0. The molecular weight excluding hydrogens is 262 g/mol. The van der Waals surface area contributed by atoms with E-state index in [1.807, 2.05) is 6.92 Å². The summed E-state index contributed by atoms with van der Waals surface area (Å²) in [5, 5.41) is 3.38. The summed E-state index contributed by atoms with van der Waals surface area (Å²) in [6.07, 6.45) is 11.3. The summed E-state index contributed by atoms with van der Waals surface area (Å²) in [7, 11) is 0. The molecule has 0 aromatic rings. The van der Waals surface area contributed by atoms with E-state index in [1.165, 1.54) is 44.9 Å². The molecule has 1 aliphatic rings. The molecule has 120 valence electrons. The van der Waals surface area contributed by atoms with Crippen LogP contribution in [0.5, 0.6) is 0 Å². The van der Waals surface area contributed by atoms with Crippen molar-refractivity contribution in [2.45, 2.75) is 78.6 Å². The van der Waals surface area contributed by atoms with Crippen LogP contribution in [-0.2, 0) is 0 Å². The average Bonchev–Trinajstić information content (AvgIpc) is 2.45. The van der Waals surface area contributed by atoms with E-state index in [0.717, 1.165) is 24.5 Å². The highest BCUT2D eigenvalue weighted by atomic mass is 16.2. The van der Waals surface area contributed by atoms with E-state index < -0.39 is 6.03 Å². The lowest BCUT2D eigenvalue weighted by atomic mass is 9.74. The van der Waals surface area contributed by atoms with Gasteiger partial charge in [-0.15, -0.1) is 0 Å². The lowest BCUT2D eigenvalue weighted by Crippen LogP contribution is -2.28. The SMILES string of the molecule is C=NNC(=O)N=C(C)C1(C)CCCCC[C@@H](CC)CCC1.